The van der Waals surface area contributed by atoms with Crippen molar-refractivity contribution in [3.05, 3.63) is 34.4 Å². The minimum absolute atomic E-state index is 0.0293. The highest BCUT2D eigenvalue weighted by Crippen LogP contribution is 2.42. The van der Waals surface area contributed by atoms with E-state index in [1.807, 2.05) is 13.8 Å². The fourth-order valence-corrected chi connectivity index (χ4v) is 3.47. The molecule has 20 heavy (non-hydrogen) atoms. The van der Waals surface area contributed by atoms with Crippen LogP contribution in [0.5, 0.6) is 0 Å². The number of rotatable bonds is 3. The molecule has 5 atom stereocenters. The number of benzene rings is 1. The van der Waals surface area contributed by atoms with Crippen LogP contribution >= 0.6 is 11.6 Å². The number of hydrogen-bond acceptors (Lipinski definition) is 2. The maximum Gasteiger partial charge on any atom is 0.160 e. The van der Waals surface area contributed by atoms with E-state index in [0.717, 1.165) is 6.07 Å². The lowest BCUT2D eigenvalue weighted by Gasteiger charge is -2.29. The lowest BCUT2D eigenvalue weighted by molar-refractivity contribution is 0.0478. The molecule has 1 fully saturated rings. The van der Waals surface area contributed by atoms with Gasteiger partial charge in [-0.05, 0) is 44.5 Å². The van der Waals surface area contributed by atoms with Gasteiger partial charge in [0, 0.05) is 17.0 Å². The highest BCUT2D eigenvalue weighted by molar-refractivity contribution is 6.31. The van der Waals surface area contributed by atoms with Crippen LogP contribution in [0.15, 0.2) is 12.1 Å². The van der Waals surface area contributed by atoms with Crippen molar-refractivity contribution in [2.45, 2.75) is 39.0 Å². The second-order valence-corrected chi connectivity index (χ2v) is 5.94. The highest BCUT2D eigenvalue weighted by atomic mass is 35.5. The van der Waals surface area contributed by atoms with Gasteiger partial charge in [-0.3, -0.25) is 0 Å². The van der Waals surface area contributed by atoms with Crippen LogP contribution in [0.1, 0.15) is 32.4 Å². The molecule has 0 aliphatic carbocycles. The first kappa shape index (κ1) is 15.7. The highest BCUT2D eigenvalue weighted by Gasteiger charge is 2.42. The summed E-state index contributed by atoms with van der Waals surface area (Å²) < 4.78 is 32.6. The molecule has 0 amide bonds. The predicted octanol–water partition coefficient (Wildman–Crippen LogP) is 3.94. The molecule has 112 valence electrons. The molecule has 1 aliphatic rings. The molecule has 0 radical (unpaired) electrons. The van der Waals surface area contributed by atoms with E-state index in [0.29, 0.717) is 11.5 Å². The topological polar surface area (TPSA) is 21.3 Å². The van der Waals surface area contributed by atoms with Crippen molar-refractivity contribution in [3.63, 3.8) is 0 Å². The van der Waals surface area contributed by atoms with Crippen molar-refractivity contribution in [1.29, 1.82) is 0 Å². The second kappa shape index (κ2) is 5.96. The first-order valence-corrected chi connectivity index (χ1v) is 7.21. The van der Waals surface area contributed by atoms with Crippen LogP contribution in [-0.2, 0) is 4.74 Å². The Bertz CT molecular complexity index is 497. The van der Waals surface area contributed by atoms with Gasteiger partial charge in [-0.2, -0.15) is 0 Å². The number of ether oxygens (including phenoxy) is 1. The summed E-state index contributed by atoms with van der Waals surface area (Å²) >= 11 is 6.10. The normalized spacial score (nSPS) is 31.6. The Labute approximate surface area is 123 Å². The Balaban J connectivity index is 2.40. The smallest absolute Gasteiger partial charge is 0.160 e. The Morgan fingerprint density at radius 3 is 2.25 bits per heavy atom. The summed E-state index contributed by atoms with van der Waals surface area (Å²) in [5.74, 6) is -1.35. The molecule has 1 N–H and O–H groups in total. The Hall–Kier alpha value is -0.710. The quantitative estimate of drug-likeness (QED) is 0.854. The van der Waals surface area contributed by atoms with Crippen molar-refractivity contribution < 1.29 is 13.5 Å². The zero-order chi connectivity index (χ0) is 15.0. The van der Waals surface area contributed by atoms with Crippen LogP contribution in [-0.4, -0.2) is 19.3 Å². The van der Waals surface area contributed by atoms with Crippen LogP contribution in [0.25, 0.3) is 0 Å². The third kappa shape index (κ3) is 2.69. The lowest BCUT2D eigenvalue weighted by Crippen LogP contribution is -2.33. The van der Waals surface area contributed by atoms with E-state index in [1.54, 1.807) is 7.05 Å². The van der Waals surface area contributed by atoms with E-state index in [1.165, 1.54) is 6.07 Å². The van der Waals surface area contributed by atoms with E-state index in [-0.39, 0.29) is 29.2 Å². The second-order valence-electron chi connectivity index (χ2n) is 5.54. The third-order valence-electron chi connectivity index (χ3n) is 4.39. The molecule has 0 aromatic heterocycles. The van der Waals surface area contributed by atoms with E-state index in [2.05, 4.69) is 12.2 Å². The van der Waals surface area contributed by atoms with Gasteiger partial charge in [0.15, 0.2) is 11.6 Å². The lowest BCUT2D eigenvalue weighted by atomic mass is 9.80. The van der Waals surface area contributed by atoms with Gasteiger partial charge in [0.1, 0.15) is 0 Å². The Kier molecular flexibility index (Phi) is 4.67. The monoisotopic (exact) mass is 303 g/mol. The predicted molar refractivity (Wildman–Crippen MR) is 75.8 cm³/mol. The van der Waals surface area contributed by atoms with Gasteiger partial charge < -0.3 is 10.1 Å². The summed E-state index contributed by atoms with van der Waals surface area (Å²) in [6, 6.07) is 2.04. The largest absolute Gasteiger partial charge is 0.375 e. The van der Waals surface area contributed by atoms with Crippen molar-refractivity contribution in [3.8, 4) is 0 Å². The molecule has 1 heterocycles. The molecule has 0 bridgehead atoms. The van der Waals surface area contributed by atoms with E-state index in [4.69, 9.17) is 16.3 Å². The molecule has 1 saturated heterocycles. The van der Waals surface area contributed by atoms with E-state index >= 15 is 0 Å². The zero-order valence-electron chi connectivity index (χ0n) is 12.1. The van der Waals surface area contributed by atoms with Crippen molar-refractivity contribution in [1.82, 2.24) is 5.32 Å². The van der Waals surface area contributed by atoms with Gasteiger partial charge in [0.2, 0.25) is 0 Å². The van der Waals surface area contributed by atoms with E-state index < -0.39 is 11.6 Å². The SMILES string of the molecule is CNC(c1cc(F)c(F)cc1Cl)C1C(C)OC(C)C1C. The Morgan fingerprint density at radius 2 is 1.75 bits per heavy atom. The number of halogens is 3. The van der Waals surface area contributed by atoms with Gasteiger partial charge in [0.25, 0.3) is 0 Å². The molecule has 2 rings (SSSR count). The summed E-state index contributed by atoms with van der Waals surface area (Å²) in [6.07, 6.45) is 0.163. The summed E-state index contributed by atoms with van der Waals surface area (Å²) in [4.78, 5) is 0. The van der Waals surface area contributed by atoms with Crippen LogP contribution in [0.2, 0.25) is 5.02 Å². The molecular formula is C15H20ClF2NO. The van der Waals surface area contributed by atoms with Gasteiger partial charge in [-0.1, -0.05) is 18.5 Å². The van der Waals surface area contributed by atoms with Crippen molar-refractivity contribution in [2.24, 2.45) is 11.8 Å². The summed E-state index contributed by atoms with van der Waals surface area (Å²) in [7, 11) is 1.80. The molecule has 5 unspecified atom stereocenters. The van der Waals surface area contributed by atoms with E-state index in [9.17, 15) is 8.78 Å². The first-order chi connectivity index (χ1) is 9.36. The van der Waals surface area contributed by atoms with Crippen molar-refractivity contribution in [2.75, 3.05) is 7.05 Å². The fourth-order valence-electron chi connectivity index (χ4n) is 3.20. The fraction of sp³-hybridized carbons (Fsp3) is 0.600. The molecule has 0 saturated carbocycles. The van der Waals surface area contributed by atoms with Gasteiger partial charge in [-0.25, -0.2) is 8.78 Å². The number of nitrogens with one attached hydrogen (secondary N) is 1. The standard InChI is InChI=1S/C15H20ClF2NO/c1-7-8(2)20-9(3)14(7)15(19-4)10-5-12(17)13(18)6-11(10)16/h5-9,14-15,19H,1-4H3. The third-order valence-corrected chi connectivity index (χ3v) is 4.72. The summed E-state index contributed by atoms with van der Waals surface area (Å²) in [5.41, 5.74) is 0.578. The van der Waals surface area contributed by atoms with Gasteiger partial charge in [0.05, 0.1) is 12.2 Å². The molecule has 1 aromatic rings. The molecule has 1 aliphatic heterocycles. The molecule has 5 heteroatoms. The van der Waals surface area contributed by atoms with Gasteiger partial charge >= 0.3 is 0 Å². The summed E-state index contributed by atoms with van der Waals surface area (Å²) in [6.45, 7) is 6.14. The van der Waals surface area contributed by atoms with Crippen LogP contribution in [0, 0.1) is 23.5 Å². The molecule has 2 nitrogen and oxygen atoms in total. The molecule has 1 aromatic carbocycles. The zero-order valence-corrected chi connectivity index (χ0v) is 12.8. The van der Waals surface area contributed by atoms with Crippen LogP contribution < -0.4 is 5.32 Å². The maximum atomic E-state index is 13.5. The average Bonchev–Trinajstić information content (AvgIpc) is 2.63. The first-order valence-electron chi connectivity index (χ1n) is 6.84. The van der Waals surface area contributed by atoms with Crippen molar-refractivity contribution >= 4 is 11.6 Å². The Morgan fingerprint density at radius 1 is 1.15 bits per heavy atom. The number of hydrogen-bond donors (Lipinski definition) is 1. The molecule has 0 spiro atoms. The summed E-state index contributed by atoms with van der Waals surface area (Å²) in [5, 5.41) is 3.41. The average molecular weight is 304 g/mol. The minimum atomic E-state index is -0.925. The van der Waals surface area contributed by atoms with Crippen LogP contribution in [0.4, 0.5) is 8.78 Å². The van der Waals surface area contributed by atoms with Crippen LogP contribution in [0.3, 0.4) is 0 Å². The molecular weight excluding hydrogens is 284 g/mol. The van der Waals surface area contributed by atoms with Gasteiger partial charge in [-0.15, -0.1) is 0 Å². The minimum Gasteiger partial charge on any atom is -0.375 e. The maximum absolute atomic E-state index is 13.5.